The lowest BCUT2D eigenvalue weighted by Crippen LogP contribution is -2.57. The zero-order valence-corrected chi connectivity index (χ0v) is 27.2. The van der Waals surface area contributed by atoms with Gasteiger partial charge in [0.2, 0.25) is 17.7 Å². The Morgan fingerprint density at radius 3 is 2.38 bits per heavy atom. The van der Waals surface area contributed by atoms with Crippen LogP contribution in [0, 0.1) is 12.8 Å². The van der Waals surface area contributed by atoms with Gasteiger partial charge in [-0.3, -0.25) is 14.4 Å². The van der Waals surface area contributed by atoms with Crippen molar-refractivity contribution in [3.63, 3.8) is 0 Å². The highest BCUT2D eigenvalue weighted by molar-refractivity contribution is 7.91. The molecule has 1 aliphatic rings. The highest BCUT2D eigenvalue weighted by Crippen LogP contribution is 2.25. The van der Waals surface area contributed by atoms with Gasteiger partial charge in [-0.25, -0.2) is 13.4 Å². The fourth-order valence-electron chi connectivity index (χ4n) is 5.67. The molecule has 0 radical (unpaired) electrons. The summed E-state index contributed by atoms with van der Waals surface area (Å²) >= 11 is 0. The lowest BCUT2D eigenvalue weighted by molar-refractivity contribution is -0.132. The van der Waals surface area contributed by atoms with Crippen molar-refractivity contribution >= 4 is 27.6 Å². The zero-order valence-electron chi connectivity index (χ0n) is 26.4. The van der Waals surface area contributed by atoms with Gasteiger partial charge in [0.15, 0.2) is 9.84 Å². The molecule has 1 heterocycles. The normalized spacial score (nSPS) is 15.3. The summed E-state index contributed by atoms with van der Waals surface area (Å²) in [6, 6.07) is 4.92. The van der Waals surface area contributed by atoms with E-state index >= 15 is 0 Å². The first kappa shape index (κ1) is 36.2. The Hall–Kier alpha value is -3.29. The number of aliphatic hydroxyl groups excluding tert-OH is 1. The largest absolute Gasteiger partial charge is 0.394 e. The number of benzene rings is 1. The number of sulfone groups is 1. The van der Waals surface area contributed by atoms with Crippen LogP contribution in [0.3, 0.4) is 0 Å². The van der Waals surface area contributed by atoms with Gasteiger partial charge >= 0.3 is 0 Å². The molecule has 0 spiro atoms. The second-order valence-corrected chi connectivity index (χ2v) is 14.2. The fourth-order valence-corrected chi connectivity index (χ4v) is 6.94. The molecule has 0 bridgehead atoms. The molecule has 1 saturated carbocycles. The van der Waals surface area contributed by atoms with Gasteiger partial charge < -0.3 is 31.4 Å². The third-order valence-electron chi connectivity index (χ3n) is 8.32. The standard InChI is InChI=1S/C32H50N6O6S/c1-24-34-17-19-38(24)18-6-5-9-26-10-12-27(13-11-26)21-30(40)36-28(22-39)32(42)37-29(23-45(43,44)20-15-33)31(41)35-16-14-25-7-3-2-4-8-25/h10-13,17,19,25,28-29,39H,2-9,14-16,18,20-23,33H2,1H3,(H,35,41)(H,36,40)(H,37,42)/t28-,29-/m0/s1. The second kappa shape index (κ2) is 18.6. The first-order valence-electron chi connectivity index (χ1n) is 16.0. The van der Waals surface area contributed by atoms with Crippen molar-refractivity contribution in [1.29, 1.82) is 0 Å². The van der Waals surface area contributed by atoms with E-state index in [1.54, 1.807) is 6.20 Å². The number of rotatable bonds is 19. The van der Waals surface area contributed by atoms with E-state index < -0.39 is 52.0 Å². The number of aryl methyl sites for hydroxylation is 3. The Morgan fingerprint density at radius 1 is 1.02 bits per heavy atom. The Bertz CT molecular complexity index is 1320. The van der Waals surface area contributed by atoms with Gasteiger partial charge in [0.1, 0.15) is 17.9 Å². The molecule has 12 nitrogen and oxygen atoms in total. The number of carbonyl (C=O) groups is 3. The van der Waals surface area contributed by atoms with Gasteiger partial charge in [0, 0.05) is 32.0 Å². The van der Waals surface area contributed by atoms with Crippen LogP contribution < -0.4 is 21.7 Å². The molecule has 0 aliphatic heterocycles. The third-order valence-corrected chi connectivity index (χ3v) is 10.0. The highest BCUT2D eigenvalue weighted by atomic mass is 32.2. The first-order chi connectivity index (χ1) is 21.6. The van der Waals surface area contributed by atoms with Crippen LogP contribution in [0.2, 0.25) is 0 Å². The minimum absolute atomic E-state index is 0.0140. The molecule has 3 rings (SSSR count). The summed E-state index contributed by atoms with van der Waals surface area (Å²) in [5, 5.41) is 17.6. The van der Waals surface area contributed by atoms with E-state index in [0.29, 0.717) is 12.5 Å². The maximum Gasteiger partial charge on any atom is 0.245 e. The first-order valence-corrected chi connectivity index (χ1v) is 17.9. The van der Waals surface area contributed by atoms with Crippen LogP contribution >= 0.6 is 0 Å². The van der Waals surface area contributed by atoms with E-state index in [9.17, 15) is 27.9 Å². The molecule has 2 aromatic rings. The van der Waals surface area contributed by atoms with Gasteiger partial charge in [0.25, 0.3) is 0 Å². The van der Waals surface area contributed by atoms with E-state index in [-0.39, 0.29) is 18.7 Å². The average Bonchev–Trinajstić information content (AvgIpc) is 3.43. The minimum atomic E-state index is -3.74. The Labute approximate surface area is 266 Å². The van der Waals surface area contributed by atoms with Gasteiger partial charge in [-0.05, 0) is 49.7 Å². The van der Waals surface area contributed by atoms with Crippen LogP contribution in [0.25, 0.3) is 0 Å². The molecule has 0 saturated heterocycles. The van der Waals surface area contributed by atoms with Crippen LogP contribution in [-0.2, 0) is 43.6 Å². The van der Waals surface area contributed by atoms with Gasteiger partial charge in [-0.2, -0.15) is 0 Å². The predicted octanol–water partition coefficient (Wildman–Crippen LogP) is 1.18. The molecule has 2 atom stereocenters. The van der Waals surface area contributed by atoms with E-state index in [0.717, 1.165) is 62.0 Å². The van der Waals surface area contributed by atoms with Crippen LogP contribution in [-0.4, -0.2) is 84.1 Å². The van der Waals surface area contributed by atoms with E-state index in [4.69, 9.17) is 5.73 Å². The quantitative estimate of drug-likeness (QED) is 0.141. The summed E-state index contributed by atoms with van der Waals surface area (Å²) in [6.07, 6.45) is 13.3. The molecule has 1 fully saturated rings. The van der Waals surface area contributed by atoms with Crippen molar-refractivity contribution in [1.82, 2.24) is 25.5 Å². The topological polar surface area (TPSA) is 186 Å². The molecule has 250 valence electrons. The van der Waals surface area contributed by atoms with E-state index in [2.05, 4.69) is 25.5 Å². The smallest absolute Gasteiger partial charge is 0.245 e. The lowest BCUT2D eigenvalue weighted by atomic mass is 9.87. The van der Waals surface area contributed by atoms with Gasteiger partial charge in [0.05, 0.1) is 24.5 Å². The number of nitrogens with zero attached hydrogens (tertiary/aromatic N) is 2. The maximum atomic E-state index is 13.0. The van der Waals surface area contributed by atoms with Gasteiger partial charge in [-0.1, -0.05) is 56.4 Å². The SMILES string of the molecule is Cc1nccn1CCCCc1ccc(CC(=O)N[C@@H](CO)C(=O)N[C@@H](CS(=O)(=O)CCN)C(=O)NCCC2CCCCC2)cc1. The monoisotopic (exact) mass is 646 g/mol. The van der Waals surface area contributed by atoms with Crippen LogP contribution in [0.1, 0.15) is 68.3 Å². The highest BCUT2D eigenvalue weighted by Gasteiger charge is 2.30. The Kier molecular flexibility index (Phi) is 15.0. The number of aliphatic hydroxyl groups is 1. The van der Waals surface area contributed by atoms with Crippen LogP contribution in [0.15, 0.2) is 36.7 Å². The predicted molar refractivity (Wildman–Crippen MR) is 173 cm³/mol. The number of hydrogen-bond donors (Lipinski definition) is 5. The fraction of sp³-hybridized carbons (Fsp3) is 0.625. The molecule has 1 aromatic heterocycles. The number of carbonyl (C=O) groups excluding carboxylic acids is 3. The Balaban J connectivity index is 1.49. The Morgan fingerprint density at radius 2 is 1.73 bits per heavy atom. The van der Waals surface area contributed by atoms with Gasteiger partial charge in [-0.15, -0.1) is 0 Å². The van der Waals surface area contributed by atoms with Crippen LogP contribution in [0.4, 0.5) is 0 Å². The summed E-state index contributed by atoms with van der Waals surface area (Å²) in [6.45, 7) is 2.43. The molecule has 45 heavy (non-hydrogen) atoms. The van der Waals surface area contributed by atoms with Crippen molar-refractivity contribution in [2.24, 2.45) is 11.7 Å². The van der Waals surface area contributed by atoms with E-state index in [1.807, 2.05) is 37.4 Å². The zero-order chi connectivity index (χ0) is 32.7. The molecule has 1 aliphatic carbocycles. The molecular weight excluding hydrogens is 596 g/mol. The number of nitrogens with two attached hydrogens (primary N) is 1. The molecule has 13 heteroatoms. The van der Waals surface area contributed by atoms with Crippen molar-refractivity contribution in [3.8, 4) is 0 Å². The molecule has 1 aromatic carbocycles. The molecule has 6 N–H and O–H groups in total. The van der Waals surface area contributed by atoms with Crippen molar-refractivity contribution in [2.45, 2.75) is 89.8 Å². The molecule has 3 amide bonds. The summed E-state index contributed by atoms with van der Waals surface area (Å²) in [5.74, 6) is -1.41. The van der Waals surface area contributed by atoms with E-state index in [1.165, 1.54) is 19.3 Å². The minimum Gasteiger partial charge on any atom is -0.394 e. The number of amides is 3. The lowest BCUT2D eigenvalue weighted by Gasteiger charge is -2.24. The number of unbranched alkanes of at least 4 members (excludes halogenated alkanes) is 1. The van der Waals surface area contributed by atoms with Crippen molar-refractivity contribution in [3.05, 3.63) is 53.6 Å². The second-order valence-electron chi connectivity index (χ2n) is 12.0. The van der Waals surface area contributed by atoms with Crippen molar-refractivity contribution < 1.29 is 27.9 Å². The van der Waals surface area contributed by atoms with Crippen molar-refractivity contribution in [2.75, 3.05) is 31.2 Å². The summed E-state index contributed by atoms with van der Waals surface area (Å²) < 4.78 is 27.1. The summed E-state index contributed by atoms with van der Waals surface area (Å²) in [7, 11) is -3.74. The maximum absolute atomic E-state index is 13.0. The number of aromatic nitrogens is 2. The summed E-state index contributed by atoms with van der Waals surface area (Å²) in [5.41, 5.74) is 7.32. The summed E-state index contributed by atoms with van der Waals surface area (Å²) in [4.78, 5) is 43.0. The molecule has 0 unspecified atom stereocenters. The molecular formula is C32H50N6O6S. The number of imidazole rings is 1. The van der Waals surface area contributed by atoms with Crippen LogP contribution in [0.5, 0.6) is 0 Å². The third kappa shape index (κ3) is 12.9. The number of hydrogen-bond acceptors (Lipinski definition) is 8. The number of nitrogens with one attached hydrogen (secondary N) is 3. The average molecular weight is 647 g/mol.